The summed E-state index contributed by atoms with van der Waals surface area (Å²) >= 11 is 0. The number of hydrogen-bond donors (Lipinski definition) is 4. The van der Waals surface area contributed by atoms with Gasteiger partial charge in [-0.05, 0) is 130 Å². The van der Waals surface area contributed by atoms with Crippen LogP contribution in [0.3, 0.4) is 0 Å². The fourth-order valence-corrected chi connectivity index (χ4v) is 11.2. The van der Waals surface area contributed by atoms with Gasteiger partial charge in [0.2, 0.25) is 24.6 Å². The number of rotatable bonds is 16. The molecule has 1 unspecified atom stereocenters. The zero-order valence-electron chi connectivity index (χ0n) is 47.3. The van der Waals surface area contributed by atoms with Gasteiger partial charge in [0.1, 0.15) is 34.6 Å². The monoisotopic (exact) mass is 1090 g/mol. The van der Waals surface area contributed by atoms with Crippen LogP contribution in [0.5, 0.6) is 11.8 Å². The molecule has 80 heavy (non-hydrogen) atoms. The highest BCUT2D eigenvalue weighted by atomic mass is 19.1. The van der Waals surface area contributed by atoms with E-state index in [-0.39, 0.29) is 76.2 Å². The summed E-state index contributed by atoms with van der Waals surface area (Å²) in [6, 6.07) is 19.7. The van der Waals surface area contributed by atoms with Crippen molar-refractivity contribution in [3.8, 4) is 46.5 Å². The van der Waals surface area contributed by atoms with Crippen molar-refractivity contribution in [2.24, 2.45) is 5.92 Å². The predicted molar refractivity (Wildman–Crippen MR) is 313 cm³/mol. The first kappa shape index (κ1) is 58.9. The molecule has 3 amide bonds. The van der Waals surface area contributed by atoms with Crippen LogP contribution in [-0.4, -0.2) is 133 Å². The molecule has 6 aromatic rings. The lowest BCUT2D eigenvalue weighted by molar-refractivity contribution is -0.139. The van der Waals surface area contributed by atoms with Crippen LogP contribution in [-0.2, 0) is 19.1 Å². The smallest absolute Gasteiger partial charge is 0.318 e. The van der Waals surface area contributed by atoms with Crippen LogP contribution in [0.2, 0.25) is 6.32 Å². The van der Waals surface area contributed by atoms with Crippen LogP contribution < -0.4 is 25.5 Å². The molecule has 15 nitrogen and oxygen atoms in total. The number of halogens is 2. The maximum Gasteiger partial charge on any atom is 0.318 e. The minimum absolute atomic E-state index is 0.0258. The highest BCUT2D eigenvalue weighted by Gasteiger charge is 2.37. The third-order valence-corrected chi connectivity index (χ3v) is 15.1. The number of aryl methyl sites for hydroxylation is 2. The normalized spacial score (nSPS) is 17.2. The number of amides is 3. The number of pyridine rings is 1. The van der Waals surface area contributed by atoms with Gasteiger partial charge < -0.3 is 45.1 Å². The number of terminal acetylenes is 1. The number of carbonyl (C=O) groups is 3. The third kappa shape index (κ3) is 14.4. The minimum atomic E-state index is -0.735. The summed E-state index contributed by atoms with van der Waals surface area (Å²) in [7, 11) is 1.43. The molecule has 2 bridgehead atoms. The van der Waals surface area contributed by atoms with Crippen molar-refractivity contribution in [1.82, 2.24) is 40.6 Å². The number of methoxy groups -OCH3 is 1. The van der Waals surface area contributed by atoms with Gasteiger partial charge in [-0.25, -0.2) is 8.78 Å². The predicted octanol–water partition coefficient (Wildman–Crippen LogP) is 9.34. The second-order valence-corrected chi connectivity index (χ2v) is 22.1. The second kappa shape index (κ2) is 27.3. The molecule has 6 heterocycles. The maximum absolute atomic E-state index is 16.1. The minimum Gasteiger partial charge on any atom is -0.508 e. The summed E-state index contributed by atoms with van der Waals surface area (Å²) in [4.78, 5) is 57.6. The summed E-state index contributed by atoms with van der Waals surface area (Å²) in [5.74, 6) is 1.66. The first-order valence-electron chi connectivity index (χ1n) is 28.2. The highest BCUT2D eigenvalue weighted by Crippen LogP contribution is 2.39. The van der Waals surface area contributed by atoms with Gasteiger partial charge in [-0.3, -0.25) is 19.4 Å². The number of fused-ring (bicyclic) bond motifs is 4. The number of nitrogens with one attached hydrogen (secondary N) is 3. The fourth-order valence-electron chi connectivity index (χ4n) is 11.2. The molecule has 0 saturated carbocycles. The Morgan fingerprint density at radius 1 is 0.950 bits per heavy atom. The van der Waals surface area contributed by atoms with E-state index in [4.69, 9.17) is 15.9 Å². The molecule has 4 fully saturated rings. The average molecular weight is 1090 g/mol. The molecule has 10 rings (SSSR count). The van der Waals surface area contributed by atoms with Crippen molar-refractivity contribution < 1.29 is 37.7 Å². The van der Waals surface area contributed by atoms with Gasteiger partial charge in [-0.15, -0.1) is 6.42 Å². The molecule has 0 radical (unpaired) electrons. The molecule has 0 spiro atoms. The number of hydrogen-bond acceptors (Lipinski definition) is 12. The Morgan fingerprint density at radius 3 is 2.39 bits per heavy atom. The van der Waals surface area contributed by atoms with Gasteiger partial charge >= 0.3 is 6.01 Å². The molecule has 4 aliphatic heterocycles. The molecule has 4 saturated heterocycles. The SMILES string of the molecule is C#Cc1c(F)ccc2cc(O)cc(-c3ncc4c(N5CB6CCC(C5)N6)nc(OC)nc4c3F)c12.CC(C)C.Cc1cccc(C)c1-c1ccc([C@H](C)NC(=O)[C@@H]2CCCN2C(=O)CNC(=O)CCOCCCN2CCCC2)cc1. The summed E-state index contributed by atoms with van der Waals surface area (Å²) in [6.45, 7) is 18.6. The van der Waals surface area contributed by atoms with Crippen LogP contribution in [0, 0.1) is 43.7 Å². The highest BCUT2D eigenvalue weighted by molar-refractivity contribution is 6.58. The van der Waals surface area contributed by atoms with E-state index >= 15 is 4.39 Å². The lowest BCUT2D eigenvalue weighted by Gasteiger charge is -2.33. The van der Waals surface area contributed by atoms with Crippen molar-refractivity contribution in [2.45, 2.75) is 111 Å². The molecular weight excluding hydrogens is 1020 g/mol. The van der Waals surface area contributed by atoms with E-state index in [9.17, 15) is 23.9 Å². The fraction of sp³-hybridized carbons (Fsp3) is 0.452. The number of nitrogens with zero attached hydrogens (tertiary/aromatic N) is 6. The number of benzene rings is 4. The van der Waals surface area contributed by atoms with E-state index in [1.54, 1.807) is 4.90 Å². The zero-order chi connectivity index (χ0) is 57.0. The van der Waals surface area contributed by atoms with Gasteiger partial charge in [0, 0.05) is 62.3 Å². The van der Waals surface area contributed by atoms with E-state index in [2.05, 4.69) is 124 Å². The van der Waals surface area contributed by atoms with Crippen LogP contribution in [0.15, 0.2) is 72.9 Å². The Kier molecular flexibility index (Phi) is 20.1. The molecule has 4 N–H and O–H groups in total. The number of anilines is 1. The lowest BCUT2D eigenvalue weighted by Crippen LogP contribution is -2.54. The van der Waals surface area contributed by atoms with Crippen LogP contribution in [0.25, 0.3) is 44.1 Å². The second-order valence-electron chi connectivity index (χ2n) is 22.1. The number of ether oxygens (including phenoxy) is 2. The van der Waals surface area contributed by atoms with Crippen molar-refractivity contribution in [2.75, 3.05) is 70.9 Å². The summed E-state index contributed by atoms with van der Waals surface area (Å²) < 4.78 is 41.5. The van der Waals surface area contributed by atoms with E-state index in [0.29, 0.717) is 55.7 Å². The van der Waals surface area contributed by atoms with Gasteiger partial charge in [-0.2, -0.15) is 9.97 Å². The number of phenolic OH excluding ortho intramolecular Hbond substituents is 1. The molecule has 3 atom stereocenters. The van der Waals surface area contributed by atoms with Crippen LogP contribution >= 0.6 is 0 Å². The van der Waals surface area contributed by atoms with E-state index in [0.717, 1.165) is 62.2 Å². The van der Waals surface area contributed by atoms with Gasteiger partial charge in [0.25, 0.3) is 0 Å². The summed E-state index contributed by atoms with van der Waals surface area (Å²) in [5.41, 5.74) is 5.93. The molecule has 2 aromatic heterocycles. The van der Waals surface area contributed by atoms with E-state index in [1.165, 1.54) is 80.2 Å². The van der Waals surface area contributed by atoms with Gasteiger partial charge in [-0.1, -0.05) is 81.5 Å². The first-order chi connectivity index (χ1) is 38.5. The van der Waals surface area contributed by atoms with Crippen molar-refractivity contribution >= 4 is 52.1 Å². The Morgan fingerprint density at radius 2 is 1.69 bits per heavy atom. The lowest BCUT2D eigenvalue weighted by atomic mass is 9.61. The number of carbonyl (C=O) groups excluding carboxylic acids is 3. The average Bonchev–Trinajstić information content (AvgIpc) is 4.28. The molecule has 18 heteroatoms. The maximum atomic E-state index is 16.1. The summed E-state index contributed by atoms with van der Waals surface area (Å²) in [5, 5.41) is 20.9. The molecule has 4 aromatic carbocycles. The number of likely N-dealkylation sites (tertiary alicyclic amines) is 2. The van der Waals surface area contributed by atoms with Crippen molar-refractivity contribution in [1.29, 1.82) is 0 Å². The number of aromatic nitrogens is 3. The van der Waals surface area contributed by atoms with Gasteiger partial charge in [0.15, 0.2) is 5.82 Å². The van der Waals surface area contributed by atoms with Crippen molar-refractivity contribution in [3.63, 3.8) is 0 Å². The van der Waals surface area contributed by atoms with E-state index in [1.807, 2.05) is 6.92 Å². The van der Waals surface area contributed by atoms with E-state index < -0.39 is 17.7 Å². The molecule has 0 aliphatic carbocycles. The molecule has 422 valence electrons. The Hall–Kier alpha value is -7.20. The summed E-state index contributed by atoms with van der Waals surface area (Å²) in [6.07, 6.45) is 15.1. The number of aromatic hydroxyl groups is 1. The van der Waals surface area contributed by atoms with Crippen LogP contribution in [0.1, 0.15) is 101 Å². The van der Waals surface area contributed by atoms with Crippen molar-refractivity contribution in [3.05, 3.63) is 107 Å². The van der Waals surface area contributed by atoms with Gasteiger partial charge in [0.05, 0.1) is 37.3 Å². The number of phenols is 1. The molecule has 4 aliphatic rings. The topological polar surface area (TPSA) is 174 Å². The van der Waals surface area contributed by atoms with Crippen LogP contribution in [0.4, 0.5) is 14.6 Å². The molecular formula is C62H76BF2N9O6. The third-order valence-electron chi connectivity index (χ3n) is 15.1. The quantitative estimate of drug-likeness (QED) is 0.0412. The standard InChI is InChI=1S/C33H46N4O4.C25H20BF2N5O2.C4H10/c1-24-9-6-10-25(2)32(24)28-14-12-27(13-15-28)26(3)35-33(40)29-11-7-20-37(29)31(39)23-34-30(38)16-22-41-21-8-19-36-17-4-5-18-36;1-3-16-19(27)5-4-13-8-15(34)9-17(20(13)16)22-21(28)23-18(10-29-22)24(31-25(30-23)35-2)33-11-14-6-7-26(12-33)32-14;1-4(2)3/h6,9-10,12-15,26,29H,4-5,7-8,11,16-23H2,1-3H3,(H,34,38)(H,35,40);1,4-5,8-10,14,32,34H,6-7,11-12H2,2H3;4H,1-3H3/t26-,29-;;/m0../s1. The first-order valence-corrected chi connectivity index (χ1v) is 28.2. The Labute approximate surface area is 469 Å². The Balaban J connectivity index is 0.000000199. The largest absolute Gasteiger partial charge is 0.508 e. The Bertz CT molecular complexity index is 3170. The zero-order valence-corrected chi connectivity index (χ0v) is 47.3.